The Labute approximate surface area is 159 Å². The van der Waals surface area contributed by atoms with Crippen molar-refractivity contribution in [3.05, 3.63) is 46.8 Å². The van der Waals surface area contributed by atoms with Gasteiger partial charge in [0.25, 0.3) is 0 Å². The highest BCUT2D eigenvalue weighted by Crippen LogP contribution is 2.30. The van der Waals surface area contributed by atoms with Crippen LogP contribution in [0.5, 0.6) is 5.75 Å². The van der Waals surface area contributed by atoms with Crippen LogP contribution in [0.1, 0.15) is 35.4 Å². The van der Waals surface area contributed by atoms with Crippen LogP contribution in [0.15, 0.2) is 29.4 Å². The molecule has 6 heteroatoms. The summed E-state index contributed by atoms with van der Waals surface area (Å²) in [5.41, 5.74) is 4.18. The lowest BCUT2D eigenvalue weighted by molar-refractivity contribution is -0.129. The molecule has 0 aliphatic heterocycles. The molecule has 1 fully saturated rings. The van der Waals surface area contributed by atoms with E-state index in [9.17, 15) is 4.79 Å². The highest BCUT2D eigenvalue weighted by atomic mass is 32.2. The van der Waals surface area contributed by atoms with Crippen LogP contribution in [0.4, 0.5) is 0 Å². The zero-order chi connectivity index (χ0) is 18.7. The molecule has 0 N–H and O–H groups in total. The first kappa shape index (κ1) is 18.7. The Kier molecular flexibility index (Phi) is 5.81. The quantitative estimate of drug-likeness (QED) is 0.549. The SMILES string of the molecule is COc1ccc(CN(C(=O)CSc2nc(C)c(C)c(C)n2)C2CC2)cc1. The van der Waals surface area contributed by atoms with E-state index in [1.54, 1.807) is 7.11 Å². The Morgan fingerprint density at radius 2 is 1.77 bits per heavy atom. The van der Waals surface area contributed by atoms with E-state index in [0.29, 0.717) is 23.5 Å². The average Bonchev–Trinajstić information content (AvgIpc) is 3.47. The topological polar surface area (TPSA) is 55.3 Å². The molecule has 0 atom stereocenters. The van der Waals surface area contributed by atoms with E-state index in [0.717, 1.165) is 41.1 Å². The van der Waals surface area contributed by atoms with Gasteiger partial charge >= 0.3 is 0 Å². The second-order valence-corrected chi connectivity index (χ2v) is 7.63. The second-order valence-electron chi connectivity index (χ2n) is 6.69. The highest BCUT2D eigenvalue weighted by Gasteiger charge is 2.32. The van der Waals surface area contributed by atoms with Crippen molar-refractivity contribution in [3.8, 4) is 5.75 Å². The van der Waals surface area contributed by atoms with Crippen molar-refractivity contribution in [1.29, 1.82) is 0 Å². The Hall–Kier alpha value is -2.08. The lowest BCUT2D eigenvalue weighted by Gasteiger charge is -2.22. The Morgan fingerprint density at radius 3 is 2.31 bits per heavy atom. The van der Waals surface area contributed by atoms with E-state index in [1.165, 1.54) is 11.8 Å². The number of hydrogen-bond acceptors (Lipinski definition) is 5. The number of aromatic nitrogens is 2. The summed E-state index contributed by atoms with van der Waals surface area (Å²) in [5, 5.41) is 0.680. The van der Waals surface area contributed by atoms with Gasteiger partial charge < -0.3 is 9.64 Å². The van der Waals surface area contributed by atoms with Crippen LogP contribution in [0, 0.1) is 20.8 Å². The van der Waals surface area contributed by atoms with Crippen molar-refractivity contribution in [2.75, 3.05) is 12.9 Å². The fourth-order valence-electron chi connectivity index (χ4n) is 2.75. The minimum absolute atomic E-state index is 0.146. The molecule has 2 aromatic rings. The van der Waals surface area contributed by atoms with Gasteiger partial charge in [-0.1, -0.05) is 23.9 Å². The van der Waals surface area contributed by atoms with E-state index in [2.05, 4.69) is 9.97 Å². The Bertz CT molecular complexity index is 765. The molecular weight excluding hydrogens is 346 g/mol. The third kappa shape index (κ3) is 4.55. The van der Waals surface area contributed by atoms with Gasteiger partial charge in [-0.3, -0.25) is 4.79 Å². The van der Waals surface area contributed by atoms with E-state index in [-0.39, 0.29) is 5.91 Å². The Balaban J connectivity index is 1.63. The number of benzene rings is 1. The summed E-state index contributed by atoms with van der Waals surface area (Å²) in [7, 11) is 1.66. The maximum Gasteiger partial charge on any atom is 0.233 e. The molecule has 0 unspecified atom stereocenters. The molecule has 1 saturated carbocycles. The van der Waals surface area contributed by atoms with Crippen LogP contribution in [0.3, 0.4) is 0 Å². The molecule has 1 aliphatic carbocycles. The zero-order valence-corrected chi connectivity index (χ0v) is 16.6. The standard InChI is InChI=1S/C20H25N3O2S/c1-13-14(2)21-20(22-15(13)3)26-12-19(24)23(17-7-8-17)11-16-5-9-18(25-4)10-6-16/h5-6,9-10,17H,7-8,11-12H2,1-4H3. The molecule has 5 nitrogen and oxygen atoms in total. The summed E-state index contributed by atoms with van der Waals surface area (Å²) in [4.78, 5) is 23.8. The molecule has 3 rings (SSSR count). The van der Waals surface area contributed by atoms with E-state index in [4.69, 9.17) is 4.74 Å². The fraction of sp³-hybridized carbons (Fsp3) is 0.450. The molecule has 1 heterocycles. The van der Waals surface area contributed by atoms with Gasteiger partial charge in [0.1, 0.15) is 5.75 Å². The number of nitrogens with zero attached hydrogens (tertiary/aromatic N) is 3. The summed E-state index contributed by atoms with van der Waals surface area (Å²) in [6, 6.07) is 8.28. The van der Waals surface area contributed by atoms with Crippen molar-refractivity contribution in [2.45, 2.75) is 51.4 Å². The molecule has 1 aromatic heterocycles. The fourth-order valence-corrected chi connectivity index (χ4v) is 3.57. The molecule has 26 heavy (non-hydrogen) atoms. The van der Waals surface area contributed by atoms with Gasteiger partial charge in [0.15, 0.2) is 5.16 Å². The molecule has 138 valence electrons. The van der Waals surface area contributed by atoms with Crippen LogP contribution in [0.25, 0.3) is 0 Å². The zero-order valence-electron chi connectivity index (χ0n) is 15.8. The molecule has 0 spiro atoms. The van der Waals surface area contributed by atoms with Gasteiger partial charge in [0, 0.05) is 24.0 Å². The van der Waals surface area contributed by atoms with Gasteiger partial charge in [0.05, 0.1) is 12.9 Å². The first-order valence-electron chi connectivity index (χ1n) is 8.85. The van der Waals surface area contributed by atoms with Gasteiger partial charge in [-0.15, -0.1) is 0 Å². The third-order valence-electron chi connectivity index (χ3n) is 4.76. The number of ether oxygens (including phenoxy) is 1. The van der Waals surface area contributed by atoms with Crippen molar-refractivity contribution in [1.82, 2.24) is 14.9 Å². The lowest BCUT2D eigenvalue weighted by Crippen LogP contribution is -2.34. The molecule has 0 bridgehead atoms. The molecule has 1 aliphatic rings. The van der Waals surface area contributed by atoms with Crippen LogP contribution < -0.4 is 4.74 Å². The summed E-state index contributed by atoms with van der Waals surface area (Å²) in [5.74, 6) is 1.35. The van der Waals surface area contributed by atoms with Gasteiger partial charge in [-0.2, -0.15) is 0 Å². The normalized spacial score (nSPS) is 13.5. The highest BCUT2D eigenvalue weighted by molar-refractivity contribution is 7.99. The largest absolute Gasteiger partial charge is 0.497 e. The van der Waals surface area contributed by atoms with Crippen molar-refractivity contribution < 1.29 is 9.53 Å². The van der Waals surface area contributed by atoms with Crippen LogP contribution >= 0.6 is 11.8 Å². The maximum absolute atomic E-state index is 12.8. The maximum atomic E-state index is 12.8. The van der Waals surface area contributed by atoms with E-state index >= 15 is 0 Å². The lowest BCUT2D eigenvalue weighted by atomic mass is 10.2. The molecule has 0 radical (unpaired) electrons. The number of hydrogen-bond donors (Lipinski definition) is 0. The number of amides is 1. The first-order chi connectivity index (χ1) is 12.5. The van der Waals surface area contributed by atoms with Crippen LogP contribution in [0.2, 0.25) is 0 Å². The van der Waals surface area contributed by atoms with Gasteiger partial charge in [0.2, 0.25) is 5.91 Å². The summed E-state index contributed by atoms with van der Waals surface area (Å²) < 4.78 is 5.20. The number of aryl methyl sites for hydroxylation is 2. The minimum Gasteiger partial charge on any atom is -0.497 e. The molecule has 0 saturated heterocycles. The molecule has 1 aromatic carbocycles. The number of rotatable bonds is 7. The second kappa shape index (κ2) is 8.08. The molecular formula is C20H25N3O2S. The average molecular weight is 372 g/mol. The van der Waals surface area contributed by atoms with E-state index in [1.807, 2.05) is 49.9 Å². The number of thioether (sulfide) groups is 1. The minimum atomic E-state index is 0.146. The number of carbonyl (C=O) groups is 1. The van der Waals surface area contributed by atoms with Crippen molar-refractivity contribution >= 4 is 17.7 Å². The van der Waals surface area contributed by atoms with Gasteiger partial charge in [-0.25, -0.2) is 9.97 Å². The monoisotopic (exact) mass is 371 g/mol. The van der Waals surface area contributed by atoms with Gasteiger partial charge in [-0.05, 0) is 56.9 Å². The predicted octanol–water partition coefficient (Wildman–Crippen LogP) is 3.69. The first-order valence-corrected chi connectivity index (χ1v) is 9.83. The van der Waals surface area contributed by atoms with Crippen LogP contribution in [-0.2, 0) is 11.3 Å². The smallest absolute Gasteiger partial charge is 0.233 e. The molecule has 1 amide bonds. The van der Waals surface area contributed by atoms with Crippen molar-refractivity contribution in [2.24, 2.45) is 0 Å². The summed E-state index contributed by atoms with van der Waals surface area (Å²) in [6.07, 6.45) is 2.18. The van der Waals surface area contributed by atoms with Crippen LogP contribution in [-0.4, -0.2) is 39.7 Å². The summed E-state index contributed by atoms with van der Waals surface area (Å²) in [6.45, 7) is 6.63. The predicted molar refractivity (Wildman–Crippen MR) is 104 cm³/mol. The van der Waals surface area contributed by atoms with Crippen molar-refractivity contribution in [3.63, 3.8) is 0 Å². The Morgan fingerprint density at radius 1 is 1.15 bits per heavy atom. The summed E-state index contributed by atoms with van der Waals surface area (Å²) >= 11 is 1.42. The third-order valence-corrected chi connectivity index (χ3v) is 5.59. The number of methoxy groups -OCH3 is 1. The number of carbonyl (C=O) groups excluding carboxylic acids is 1. The van der Waals surface area contributed by atoms with E-state index < -0.39 is 0 Å².